The zero-order chi connectivity index (χ0) is 14.7. The molecule has 7 heteroatoms. The predicted molar refractivity (Wildman–Crippen MR) is 75.6 cm³/mol. The van der Waals surface area contributed by atoms with Gasteiger partial charge in [-0.3, -0.25) is 4.79 Å². The number of nitrogens with one attached hydrogen (secondary N) is 1. The number of amides is 1. The molecule has 2 rings (SSSR count). The van der Waals surface area contributed by atoms with Crippen molar-refractivity contribution in [3.05, 3.63) is 58.9 Å². The number of hydrogen-bond donors (Lipinski definition) is 3. The lowest BCUT2D eigenvalue weighted by molar-refractivity contribution is 0.102. The van der Waals surface area contributed by atoms with E-state index in [0.29, 0.717) is 10.7 Å². The lowest BCUT2D eigenvalue weighted by atomic mass is 9.80. The van der Waals surface area contributed by atoms with E-state index in [1.807, 2.05) is 0 Å². The minimum Gasteiger partial charge on any atom is -0.423 e. The number of anilines is 1. The van der Waals surface area contributed by atoms with Crippen LogP contribution < -0.4 is 10.8 Å². The van der Waals surface area contributed by atoms with E-state index in [-0.39, 0.29) is 11.0 Å². The summed E-state index contributed by atoms with van der Waals surface area (Å²) < 4.78 is 13.7. The summed E-state index contributed by atoms with van der Waals surface area (Å²) in [6.45, 7) is 0. The van der Waals surface area contributed by atoms with E-state index in [4.69, 9.17) is 21.6 Å². The first-order valence-electron chi connectivity index (χ1n) is 5.70. The molecule has 0 fully saturated rings. The third-order valence-corrected chi connectivity index (χ3v) is 2.99. The molecule has 0 bridgehead atoms. The van der Waals surface area contributed by atoms with Crippen molar-refractivity contribution >= 4 is 35.8 Å². The molecule has 2 aromatic carbocycles. The summed E-state index contributed by atoms with van der Waals surface area (Å²) in [5.74, 6) is -1.52. The van der Waals surface area contributed by atoms with Crippen molar-refractivity contribution in [2.24, 2.45) is 0 Å². The van der Waals surface area contributed by atoms with Crippen LogP contribution in [0.1, 0.15) is 10.4 Å². The summed E-state index contributed by atoms with van der Waals surface area (Å²) in [5, 5.41) is 20.7. The number of halogens is 2. The monoisotopic (exact) mass is 293 g/mol. The molecule has 0 radical (unpaired) electrons. The van der Waals surface area contributed by atoms with Gasteiger partial charge in [-0.05, 0) is 29.7 Å². The lowest BCUT2D eigenvalue weighted by Gasteiger charge is -2.08. The minimum absolute atomic E-state index is 0.0307. The van der Waals surface area contributed by atoms with Gasteiger partial charge in [-0.2, -0.15) is 0 Å². The van der Waals surface area contributed by atoms with Gasteiger partial charge in [0.1, 0.15) is 5.82 Å². The van der Waals surface area contributed by atoms with E-state index in [1.165, 1.54) is 12.1 Å². The lowest BCUT2D eigenvalue weighted by Crippen LogP contribution is -2.30. The molecule has 2 aromatic rings. The van der Waals surface area contributed by atoms with Crippen LogP contribution in [0.5, 0.6) is 0 Å². The number of hydrogen-bond acceptors (Lipinski definition) is 3. The number of rotatable bonds is 3. The Hall–Kier alpha value is -1.89. The first-order chi connectivity index (χ1) is 9.49. The highest BCUT2D eigenvalue weighted by Crippen LogP contribution is 2.21. The van der Waals surface area contributed by atoms with Crippen molar-refractivity contribution in [1.82, 2.24) is 0 Å². The van der Waals surface area contributed by atoms with E-state index in [9.17, 15) is 9.18 Å². The molecule has 0 heterocycles. The van der Waals surface area contributed by atoms with Crippen LogP contribution in [0.25, 0.3) is 0 Å². The van der Waals surface area contributed by atoms with Gasteiger partial charge in [0.2, 0.25) is 0 Å². The molecular weight excluding hydrogens is 283 g/mol. The molecule has 4 nitrogen and oxygen atoms in total. The van der Waals surface area contributed by atoms with Crippen molar-refractivity contribution in [3.8, 4) is 0 Å². The summed E-state index contributed by atoms with van der Waals surface area (Å²) in [6, 6.07) is 9.90. The third-order valence-electron chi connectivity index (χ3n) is 2.66. The summed E-state index contributed by atoms with van der Waals surface area (Å²) in [7, 11) is -1.79. The van der Waals surface area contributed by atoms with E-state index in [1.54, 1.807) is 24.3 Å². The molecule has 0 atom stereocenters. The molecule has 0 saturated heterocycles. The van der Waals surface area contributed by atoms with Crippen LogP contribution >= 0.6 is 11.6 Å². The molecule has 1 amide bonds. The van der Waals surface area contributed by atoms with Gasteiger partial charge in [0, 0.05) is 0 Å². The average Bonchev–Trinajstić information content (AvgIpc) is 2.41. The molecule has 0 aromatic heterocycles. The minimum atomic E-state index is -1.79. The topological polar surface area (TPSA) is 69.6 Å². The second-order valence-corrected chi connectivity index (χ2v) is 4.45. The molecule has 3 N–H and O–H groups in total. The Kier molecular flexibility index (Phi) is 4.39. The Labute approximate surface area is 120 Å². The van der Waals surface area contributed by atoms with Gasteiger partial charge < -0.3 is 15.4 Å². The zero-order valence-corrected chi connectivity index (χ0v) is 10.9. The summed E-state index contributed by atoms with van der Waals surface area (Å²) in [6.07, 6.45) is 0. The number of carbonyl (C=O) groups excluding carboxylic acids is 1. The average molecular weight is 293 g/mol. The predicted octanol–water partition coefficient (Wildman–Crippen LogP) is 1.41. The maximum Gasteiger partial charge on any atom is 0.488 e. The zero-order valence-electron chi connectivity index (χ0n) is 10.2. The summed E-state index contributed by atoms with van der Waals surface area (Å²) in [4.78, 5) is 11.9. The second-order valence-electron chi connectivity index (χ2n) is 4.05. The van der Waals surface area contributed by atoms with Gasteiger partial charge in [0.15, 0.2) is 0 Å². The Morgan fingerprint density at radius 1 is 1.20 bits per heavy atom. The number of para-hydroxylation sites is 1. The van der Waals surface area contributed by atoms with E-state index >= 15 is 0 Å². The van der Waals surface area contributed by atoms with E-state index in [0.717, 1.165) is 6.07 Å². The molecule has 102 valence electrons. The molecular formula is C13H10BClFNO3. The molecule has 0 aliphatic carbocycles. The fourth-order valence-electron chi connectivity index (χ4n) is 1.63. The summed E-state index contributed by atoms with van der Waals surface area (Å²) in [5.41, 5.74) is 0.121. The van der Waals surface area contributed by atoms with E-state index in [2.05, 4.69) is 5.32 Å². The molecule has 0 unspecified atom stereocenters. The van der Waals surface area contributed by atoms with Crippen LogP contribution in [-0.2, 0) is 0 Å². The van der Waals surface area contributed by atoms with Crippen LogP contribution in [0, 0.1) is 5.82 Å². The Bertz CT molecular complexity index is 651. The standard InChI is InChI=1S/C13H10BClFNO3/c15-10-3-1-2-4-12(10)17-13(18)9-6-5-8(14(19)20)7-11(9)16/h1-7,19-20H,(H,17,18). The van der Waals surface area contributed by atoms with Gasteiger partial charge in [-0.15, -0.1) is 0 Å². The highest BCUT2D eigenvalue weighted by atomic mass is 35.5. The van der Waals surface area contributed by atoms with Gasteiger partial charge in [0.25, 0.3) is 5.91 Å². The maximum atomic E-state index is 13.7. The third kappa shape index (κ3) is 3.16. The highest BCUT2D eigenvalue weighted by Gasteiger charge is 2.17. The number of benzene rings is 2. The van der Waals surface area contributed by atoms with Crippen LogP contribution in [0.15, 0.2) is 42.5 Å². The fourth-order valence-corrected chi connectivity index (χ4v) is 1.81. The quantitative estimate of drug-likeness (QED) is 0.750. The Morgan fingerprint density at radius 3 is 2.50 bits per heavy atom. The maximum absolute atomic E-state index is 13.7. The van der Waals surface area contributed by atoms with Crippen molar-refractivity contribution in [3.63, 3.8) is 0 Å². The number of carbonyl (C=O) groups is 1. The van der Waals surface area contributed by atoms with Crippen molar-refractivity contribution in [2.75, 3.05) is 5.32 Å². The molecule has 0 spiro atoms. The van der Waals surface area contributed by atoms with Crippen LogP contribution in [-0.4, -0.2) is 23.1 Å². The largest absolute Gasteiger partial charge is 0.488 e. The highest BCUT2D eigenvalue weighted by molar-refractivity contribution is 6.58. The van der Waals surface area contributed by atoms with Crippen molar-refractivity contribution in [2.45, 2.75) is 0 Å². The smallest absolute Gasteiger partial charge is 0.423 e. The molecule has 20 heavy (non-hydrogen) atoms. The van der Waals surface area contributed by atoms with Crippen molar-refractivity contribution < 1.29 is 19.2 Å². The van der Waals surface area contributed by atoms with E-state index < -0.39 is 18.8 Å². The van der Waals surface area contributed by atoms with Crippen LogP contribution in [0.2, 0.25) is 5.02 Å². The Morgan fingerprint density at radius 2 is 1.90 bits per heavy atom. The van der Waals surface area contributed by atoms with Gasteiger partial charge >= 0.3 is 7.12 Å². The molecule has 0 aliphatic rings. The van der Waals surface area contributed by atoms with Crippen molar-refractivity contribution in [1.29, 1.82) is 0 Å². The van der Waals surface area contributed by atoms with Gasteiger partial charge in [-0.1, -0.05) is 29.8 Å². The van der Waals surface area contributed by atoms with Gasteiger partial charge in [0.05, 0.1) is 16.3 Å². The fraction of sp³-hybridized carbons (Fsp3) is 0. The van der Waals surface area contributed by atoms with Crippen LogP contribution in [0.3, 0.4) is 0 Å². The van der Waals surface area contributed by atoms with Gasteiger partial charge in [-0.25, -0.2) is 4.39 Å². The molecule has 0 aliphatic heterocycles. The first kappa shape index (κ1) is 14.5. The first-order valence-corrected chi connectivity index (χ1v) is 6.08. The Balaban J connectivity index is 2.24. The van der Waals surface area contributed by atoms with Crippen LogP contribution in [0.4, 0.5) is 10.1 Å². The normalized spacial score (nSPS) is 10.2. The second kappa shape index (κ2) is 6.05. The molecule has 0 saturated carbocycles. The summed E-state index contributed by atoms with van der Waals surface area (Å²) >= 11 is 5.89. The SMILES string of the molecule is O=C(Nc1ccccc1Cl)c1ccc(B(O)O)cc1F.